The van der Waals surface area contributed by atoms with Crippen LogP contribution in [-0.2, 0) is 6.42 Å². The van der Waals surface area contributed by atoms with Crippen molar-refractivity contribution in [1.82, 2.24) is 24.8 Å². The van der Waals surface area contributed by atoms with Gasteiger partial charge in [0, 0.05) is 64.0 Å². The van der Waals surface area contributed by atoms with Gasteiger partial charge in [0.05, 0.1) is 18.1 Å². The quantitative estimate of drug-likeness (QED) is 0.616. The Balaban J connectivity index is 1.30. The highest BCUT2D eigenvalue weighted by Gasteiger charge is 2.28. The number of aromatic nitrogens is 3. The first-order chi connectivity index (χ1) is 13.7. The molecule has 4 rings (SSSR count). The number of thiazole rings is 1. The van der Waals surface area contributed by atoms with Gasteiger partial charge in [-0.25, -0.2) is 9.97 Å². The van der Waals surface area contributed by atoms with Gasteiger partial charge in [-0.05, 0) is 25.2 Å². The number of hydrogen-bond acceptors (Lipinski definition) is 5. The second kappa shape index (κ2) is 8.94. The third kappa shape index (κ3) is 4.32. The molecule has 2 unspecified atom stereocenters. The molecule has 0 amide bonds. The summed E-state index contributed by atoms with van der Waals surface area (Å²) in [5, 5.41) is 6.94. The van der Waals surface area contributed by atoms with Crippen molar-refractivity contribution < 1.29 is 0 Å². The van der Waals surface area contributed by atoms with Gasteiger partial charge < -0.3 is 19.7 Å². The van der Waals surface area contributed by atoms with Crippen LogP contribution in [0.3, 0.4) is 0 Å². The van der Waals surface area contributed by atoms with Gasteiger partial charge >= 0.3 is 0 Å². The lowest BCUT2D eigenvalue weighted by molar-refractivity contribution is 0.189. The Kier molecular flexibility index (Phi) is 6.14. The highest BCUT2D eigenvalue weighted by Crippen LogP contribution is 2.27. The summed E-state index contributed by atoms with van der Waals surface area (Å²) in [5.41, 5.74) is 1.18. The van der Waals surface area contributed by atoms with E-state index in [1.807, 2.05) is 19.6 Å². The number of hydrogen-bond donors (Lipinski definition) is 1. The van der Waals surface area contributed by atoms with Crippen molar-refractivity contribution >= 4 is 22.4 Å². The lowest BCUT2D eigenvalue weighted by Crippen LogP contribution is -2.49. The van der Waals surface area contributed by atoms with Crippen molar-refractivity contribution in [1.29, 1.82) is 0 Å². The van der Waals surface area contributed by atoms with E-state index in [9.17, 15) is 0 Å². The minimum Gasteiger partial charge on any atom is -0.356 e. The third-order valence-corrected chi connectivity index (χ3v) is 6.87. The van der Waals surface area contributed by atoms with Crippen molar-refractivity contribution in [2.24, 2.45) is 10.9 Å². The Morgan fingerprint density at radius 1 is 1.32 bits per heavy atom. The first kappa shape index (κ1) is 19.2. The van der Waals surface area contributed by atoms with Gasteiger partial charge in [0.2, 0.25) is 0 Å². The normalized spacial score (nSPS) is 23.4. The second-order valence-electron chi connectivity index (χ2n) is 7.83. The minimum absolute atomic E-state index is 0.441. The van der Waals surface area contributed by atoms with Crippen LogP contribution in [0.2, 0.25) is 0 Å². The van der Waals surface area contributed by atoms with Crippen LogP contribution in [0.1, 0.15) is 37.9 Å². The molecule has 7 nitrogen and oxygen atoms in total. The molecule has 0 spiro atoms. The Hall–Kier alpha value is -2.09. The number of rotatable bonds is 5. The molecule has 0 bridgehead atoms. The molecule has 0 aromatic carbocycles. The van der Waals surface area contributed by atoms with Crippen molar-refractivity contribution in [2.75, 3.05) is 44.7 Å². The Labute approximate surface area is 171 Å². The number of nitrogens with one attached hydrogen (secondary N) is 1. The molecule has 4 heterocycles. The van der Waals surface area contributed by atoms with Gasteiger partial charge in [0.1, 0.15) is 0 Å². The van der Waals surface area contributed by atoms with Crippen LogP contribution in [0.25, 0.3) is 0 Å². The first-order valence-corrected chi connectivity index (χ1v) is 11.2. The molecular weight excluding hydrogens is 370 g/mol. The number of nitrogens with zero attached hydrogens (tertiary/aromatic N) is 6. The zero-order chi connectivity index (χ0) is 19.3. The Morgan fingerprint density at radius 2 is 2.18 bits per heavy atom. The Morgan fingerprint density at radius 3 is 2.93 bits per heavy atom. The van der Waals surface area contributed by atoms with E-state index in [4.69, 9.17) is 4.98 Å². The molecule has 8 heteroatoms. The summed E-state index contributed by atoms with van der Waals surface area (Å²) in [6, 6.07) is 0.441. The summed E-state index contributed by atoms with van der Waals surface area (Å²) < 4.78 is 2.24. The Bertz CT molecular complexity index is 763. The topological polar surface area (TPSA) is 61.6 Å². The number of guanidine groups is 1. The predicted molar refractivity (Wildman–Crippen MR) is 115 cm³/mol. The molecule has 2 fully saturated rings. The fourth-order valence-corrected chi connectivity index (χ4v) is 5.11. The molecule has 2 aliphatic rings. The van der Waals surface area contributed by atoms with Crippen molar-refractivity contribution in [2.45, 2.75) is 38.6 Å². The molecule has 0 saturated carbocycles. The van der Waals surface area contributed by atoms with Crippen LogP contribution in [0, 0.1) is 5.92 Å². The zero-order valence-electron chi connectivity index (χ0n) is 16.9. The molecule has 0 radical (unpaired) electrons. The van der Waals surface area contributed by atoms with Gasteiger partial charge in [0.25, 0.3) is 0 Å². The van der Waals surface area contributed by atoms with E-state index in [0.29, 0.717) is 12.0 Å². The molecule has 2 atom stereocenters. The van der Waals surface area contributed by atoms with Crippen LogP contribution in [-0.4, -0.2) is 65.2 Å². The summed E-state index contributed by atoms with van der Waals surface area (Å²) in [4.78, 5) is 18.4. The minimum atomic E-state index is 0.441. The monoisotopic (exact) mass is 401 g/mol. The predicted octanol–water partition coefficient (Wildman–Crippen LogP) is 2.64. The first-order valence-electron chi connectivity index (χ1n) is 10.4. The van der Waals surface area contributed by atoms with Gasteiger partial charge in [0.15, 0.2) is 11.1 Å². The summed E-state index contributed by atoms with van der Waals surface area (Å²) in [6.07, 6.45) is 10.5. The standard InChI is InChI=1S/C20H31N7S/c1-16-6-11-26(13-18(16)27-12-8-22-15-27)19(21-2)23-7-5-17-14-28-20(24-17)25-9-3-4-10-25/h8,12,14-16,18H,3-7,9-11,13H2,1-2H3,(H,21,23). The largest absolute Gasteiger partial charge is 0.356 e. The lowest BCUT2D eigenvalue weighted by atomic mass is 9.93. The van der Waals surface area contributed by atoms with Crippen LogP contribution >= 0.6 is 11.3 Å². The third-order valence-electron chi connectivity index (χ3n) is 5.92. The smallest absolute Gasteiger partial charge is 0.193 e. The fraction of sp³-hybridized carbons (Fsp3) is 0.650. The molecule has 152 valence electrons. The van der Waals surface area contributed by atoms with Gasteiger partial charge in [-0.1, -0.05) is 6.92 Å². The van der Waals surface area contributed by atoms with E-state index in [-0.39, 0.29) is 0 Å². The molecular formula is C20H31N7S. The average Bonchev–Trinajstić information content (AvgIpc) is 3.48. The fourth-order valence-electron chi connectivity index (χ4n) is 4.19. The molecule has 1 N–H and O–H groups in total. The van der Waals surface area contributed by atoms with E-state index < -0.39 is 0 Å². The van der Waals surface area contributed by atoms with Gasteiger partial charge in [-0.2, -0.15) is 0 Å². The maximum Gasteiger partial charge on any atom is 0.193 e. The molecule has 2 saturated heterocycles. The average molecular weight is 402 g/mol. The van der Waals surface area contributed by atoms with Crippen LogP contribution in [0.4, 0.5) is 5.13 Å². The van der Waals surface area contributed by atoms with Gasteiger partial charge in [-0.3, -0.25) is 4.99 Å². The van der Waals surface area contributed by atoms with Crippen LogP contribution in [0.15, 0.2) is 29.1 Å². The molecule has 0 aliphatic carbocycles. The van der Waals surface area contributed by atoms with E-state index >= 15 is 0 Å². The molecule has 2 aromatic heterocycles. The van der Waals surface area contributed by atoms with E-state index in [1.165, 1.54) is 23.7 Å². The highest BCUT2D eigenvalue weighted by molar-refractivity contribution is 7.13. The number of aliphatic imine (C=N–C) groups is 1. The molecule has 2 aliphatic heterocycles. The van der Waals surface area contributed by atoms with E-state index in [2.05, 4.69) is 48.2 Å². The number of likely N-dealkylation sites (tertiary alicyclic amines) is 1. The van der Waals surface area contributed by atoms with Crippen molar-refractivity contribution in [3.8, 4) is 0 Å². The summed E-state index contributed by atoms with van der Waals surface area (Å²) >= 11 is 1.78. The number of piperidine rings is 1. The SMILES string of the molecule is CN=C(NCCc1csc(N2CCCC2)n1)N1CCC(C)C(n2ccnc2)C1. The maximum atomic E-state index is 4.82. The number of imidazole rings is 1. The highest BCUT2D eigenvalue weighted by atomic mass is 32.1. The van der Waals surface area contributed by atoms with Crippen LogP contribution in [0.5, 0.6) is 0 Å². The van der Waals surface area contributed by atoms with Crippen LogP contribution < -0.4 is 10.2 Å². The second-order valence-corrected chi connectivity index (χ2v) is 8.67. The molecule has 28 heavy (non-hydrogen) atoms. The van der Waals surface area contributed by atoms with E-state index in [1.54, 1.807) is 11.3 Å². The van der Waals surface area contributed by atoms with E-state index in [0.717, 1.165) is 51.5 Å². The van der Waals surface area contributed by atoms with Gasteiger partial charge in [-0.15, -0.1) is 11.3 Å². The molecule has 2 aromatic rings. The number of anilines is 1. The lowest BCUT2D eigenvalue weighted by Gasteiger charge is -2.39. The zero-order valence-corrected chi connectivity index (χ0v) is 17.7. The summed E-state index contributed by atoms with van der Waals surface area (Å²) in [6.45, 7) is 7.51. The van der Waals surface area contributed by atoms with Crippen molar-refractivity contribution in [3.63, 3.8) is 0 Å². The van der Waals surface area contributed by atoms with Crippen molar-refractivity contribution in [3.05, 3.63) is 29.8 Å². The summed E-state index contributed by atoms with van der Waals surface area (Å²) in [5.74, 6) is 1.63. The summed E-state index contributed by atoms with van der Waals surface area (Å²) in [7, 11) is 1.88. The maximum absolute atomic E-state index is 4.82.